The van der Waals surface area contributed by atoms with Gasteiger partial charge in [-0.25, -0.2) is 0 Å². The molecular formula is C12H24IN5S. The molecule has 19 heavy (non-hydrogen) atoms. The summed E-state index contributed by atoms with van der Waals surface area (Å²) < 4.78 is 1.81. The van der Waals surface area contributed by atoms with Crippen molar-refractivity contribution < 1.29 is 0 Å². The molecule has 0 aromatic carbocycles. The molecule has 0 aliphatic carbocycles. The molecule has 1 rings (SSSR count). The summed E-state index contributed by atoms with van der Waals surface area (Å²) in [7, 11) is 5.77. The van der Waals surface area contributed by atoms with Crippen molar-refractivity contribution in [2.24, 2.45) is 12.0 Å². The number of hydrogen-bond acceptors (Lipinski definition) is 3. The first-order valence-corrected chi connectivity index (χ1v) is 7.27. The van der Waals surface area contributed by atoms with Crippen molar-refractivity contribution in [1.82, 2.24) is 20.0 Å². The van der Waals surface area contributed by atoms with Crippen molar-refractivity contribution in [3.05, 3.63) is 18.0 Å². The molecule has 0 radical (unpaired) electrons. The fourth-order valence-corrected chi connectivity index (χ4v) is 1.86. The fraction of sp³-hybridized carbons (Fsp3) is 0.667. The van der Waals surface area contributed by atoms with E-state index in [1.54, 1.807) is 0 Å². The quantitative estimate of drug-likeness (QED) is 0.468. The Bertz CT molecular complexity index is 393. The van der Waals surface area contributed by atoms with E-state index in [9.17, 15) is 0 Å². The van der Waals surface area contributed by atoms with E-state index in [1.165, 1.54) is 5.56 Å². The first-order valence-electron chi connectivity index (χ1n) is 5.99. The molecule has 110 valence electrons. The van der Waals surface area contributed by atoms with Crippen molar-refractivity contribution in [2.45, 2.75) is 18.7 Å². The molecule has 1 unspecified atom stereocenters. The van der Waals surface area contributed by atoms with Crippen molar-refractivity contribution in [1.29, 1.82) is 0 Å². The molecule has 7 heteroatoms. The first kappa shape index (κ1) is 18.6. The molecule has 0 amide bonds. The molecule has 1 aromatic heterocycles. The Morgan fingerprint density at radius 1 is 1.63 bits per heavy atom. The average molecular weight is 397 g/mol. The standard InChI is InChI=1S/C12H23N5S.HI/c1-10(18-5)6-14-12(13-2)16(3)8-11-7-15-17(4)9-11;/h7,9-10H,6,8H2,1-5H3,(H,13,14);1H. The molecule has 0 aliphatic heterocycles. The Labute approximate surface area is 137 Å². The van der Waals surface area contributed by atoms with Gasteiger partial charge in [0.1, 0.15) is 0 Å². The van der Waals surface area contributed by atoms with Gasteiger partial charge in [-0.3, -0.25) is 9.67 Å². The molecular weight excluding hydrogens is 373 g/mol. The third-order valence-electron chi connectivity index (χ3n) is 2.70. The normalized spacial score (nSPS) is 12.8. The Morgan fingerprint density at radius 3 is 2.79 bits per heavy atom. The van der Waals surface area contributed by atoms with E-state index >= 15 is 0 Å². The van der Waals surface area contributed by atoms with Crippen molar-refractivity contribution in [3.8, 4) is 0 Å². The maximum absolute atomic E-state index is 4.29. The molecule has 1 N–H and O–H groups in total. The summed E-state index contributed by atoms with van der Waals surface area (Å²) >= 11 is 1.85. The number of nitrogens with one attached hydrogen (secondary N) is 1. The van der Waals surface area contributed by atoms with Crippen LogP contribution in [-0.2, 0) is 13.6 Å². The van der Waals surface area contributed by atoms with E-state index < -0.39 is 0 Å². The minimum atomic E-state index is 0. The Kier molecular flexibility index (Phi) is 9.24. The second-order valence-corrected chi connectivity index (χ2v) is 5.63. The summed E-state index contributed by atoms with van der Waals surface area (Å²) in [5, 5.41) is 8.12. The molecule has 1 aromatic rings. The summed E-state index contributed by atoms with van der Waals surface area (Å²) in [4.78, 5) is 6.39. The highest BCUT2D eigenvalue weighted by molar-refractivity contribution is 14.0. The highest BCUT2D eigenvalue weighted by atomic mass is 127. The van der Waals surface area contributed by atoms with Gasteiger partial charge >= 0.3 is 0 Å². The van der Waals surface area contributed by atoms with Gasteiger partial charge in [-0.05, 0) is 6.26 Å². The van der Waals surface area contributed by atoms with E-state index in [4.69, 9.17) is 0 Å². The minimum absolute atomic E-state index is 0. The predicted octanol–water partition coefficient (Wildman–Crippen LogP) is 1.80. The fourth-order valence-electron chi connectivity index (χ4n) is 1.61. The summed E-state index contributed by atoms with van der Waals surface area (Å²) in [6, 6.07) is 0. The van der Waals surface area contributed by atoms with Gasteiger partial charge < -0.3 is 10.2 Å². The number of aromatic nitrogens is 2. The third-order valence-corrected chi connectivity index (χ3v) is 3.67. The molecule has 0 aliphatic rings. The Balaban J connectivity index is 0.00000324. The molecule has 0 fully saturated rings. The van der Waals surface area contributed by atoms with Gasteiger partial charge in [0.15, 0.2) is 5.96 Å². The lowest BCUT2D eigenvalue weighted by Gasteiger charge is -2.22. The summed E-state index contributed by atoms with van der Waals surface area (Å²) in [6.45, 7) is 3.93. The van der Waals surface area contributed by atoms with Gasteiger partial charge in [-0.2, -0.15) is 16.9 Å². The van der Waals surface area contributed by atoms with Gasteiger partial charge in [0.25, 0.3) is 0 Å². The van der Waals surface area contributed by atoms with Crippen LogP contribution in [0.4, 0.5) is 0 Å². The lowest BCUT2D eigenvalue weighted by atomic mass is 10.3. The second kappa shape index (κ2) is 9.46. The van der Waals surface area contributed by atoms with Gasteiger partial charge in [0.2, 0.25) is 0 Å². The number of thioether (sulfide) groups is 1. The van der Waals surface area contributed by atoms with Crippen LogP contribution in [0.3, 0.4) is 0 Å². The van der Waals surface area contributed by atoms with E-state index in [2.05, 4.69) is 33.5 Å². The third kappa shape index (κ3) is 6.51. The highest BCUT2D eigenvalue weighted by Crippen LogP contribution is 2.04. The second-order valence-electron chi connectivity index (χ2n) is 4.35. The van der Waals surface area contributed by atoms with E-state index in [1.807, 2.05) is 50.0 Å². The summed E-state index contributed by atoms with van der Waals surface area (Å²) in [5.41, 5.74) is 1.18. The van der Waals surface area contributed by atoms with Gasteiger partial charge in [-0.15, -0.1) is 24.0 Å². The molecule has 1 heterocycles. The predicted molar refractivity (Wildman–Crippen MR) is 94.4 cm³/mol. The number of hydrogen-bond donors (Lipinski definition) is 1. The Morgan fingerprint density at radius 2 is 2.32 bits per heavy atom. The van der Waals surface area contributed by atoms with Crippen molar-refractivity contribution in [3.63, 3.8) is 0 Å². The molecule has 0 saturated heterocycles. The van der Waals surface area contributed by atoms with Crippen molar-refractivity contribution in [2.75, 3.05) is 26.9 Å². The maximum atomic E-state index is 4.29. The Hall–Kier alpha value is -0.440. The lowest BCUT2D eigenvalue weighted by molar-refractivity contribution is 0.477. The van der Waals surface area contributed by atoms with Gasteiger partial charge in [-0.1, -0.05) is 6.92 Å². The van der Waals surface area contributed by atoms with E-state index in [-0.39, 0.29) is 24.0 Å². The topological polar surface area (TPSA) is 45.5 Å². The smallest absolute Gasteiger partial charge is 0.193 e. The largest absolute Gasteiger partial charge is 0.355 e. The van der Waals surface area contributed by atoms with Crippen LogP contribution in [-0.4, -0.2) is 52.8 Å². The highest BCUT2D eigenvalue weighted by Gasteiger charge is 2.08. The zero-order valence-electron chi connectivity index (χ0n) is 12.3. The zero-order valence-corrected chi connectivity index (χ0v) is 15.4. The molecule has 0 spiro atoms. The van der Waals surface area contributed by atoms with E-state index in [0.717, 1.165) is 19.0 Å². The SMILES string of the molecule is CN=C(NCC(C)SC)N(C)Cc1cnn(C)c1.I. The van der Waals surface area contributed by atoms with Crippen LogP contribution < -0.4 is 5.32 Å². The van der Waals surface area contributed by atoms with Crippen molar-refractivity contribution >= 4 is 41.7 Å². The van der Waals surface area contributed by atoms with Crippen LogP contribution in [0, 0.1) is 0 Å². The minimum Gasteiger partial charge on any atom is -0.355 e. The lowest BCUT2D eigenvalue weighted by Crippen LogP contribution is -2.40. The van der Waals surface area contributed by atoms with E-state index in [0.29, 0.717) is 5.25 Å². The summed E-state index contributed by atoms with van der Waals surface area (Å²) in [6.07, 6.45) is 6.02. The van der Waals surface area contributed by atoms with Crippen LogP contribution in [0.15, 0.2) is 17.4 Å². The number of halogens is 1. The molecule has 0 bridgehead atoms. The number of guanidine groups is 1. The number of rotatable bonds is 5. The monoisotopic (exact) mass is 397 g/mol. The number of aryl methyl sites for hydroxylation is 1. The first-order chi connectivity index (χ1) is 8.56. The number of aliphatic imine (C=N–C) groups is 1. The average Bonchev–Trinajstić information content (AvgIpc) is 2.75. The van der Waals surface area contributed by atoms with Crippen LogP contribution in [0.5, 0.6) is 0 Å². The summed E-state index contributed by atoms with van der Waals surface area (Å²) in [5.74, 6) is 0.916. The zero-order chi connectivity index (χ0) is 13.5. The van der Waals surface area contributed by atoms with Gasteiger partial charge in [0, 0.05) is 51.2 Å². The van der Waals surface area contributed by atoms with Crippen LogP contribution in [0.2, 0.25) is 0 Å². The van der Waals surface area contributed by atoms with Crippen LogP contribution in [0.1, 0.15) is 12.5 Å². The van der Waals surface area contributed by atoms with Gasteiger partial charge in [0.05, 0.1) is 6.20 Å². The van der Waals surface area contributed by atoms with Crippen LogP contribution in [0.25, 0.3) is 0 Å². The molecule has 0 saturated carbocycles. The van der Waals surface area contributed by atoms with Crippen LogP contribution >= 0.6 is 35.7 Å². The molecule has 1 atom stereocenters. The molecule has 5 nitrogen and oxygen atoms in total. The number of nitrogens with zero attached hydrogens (tertiary/aromatic N) is 4. The maximum Gasteiger partial charge on any atom is 0.193 e.